The number of carbonyl (C=O) groups excluding carboxylic acids is 1. The highest BCUT2D eigenvalue weighted by Gasteiger charge is 2.67. The van der Waals surface area contributed by atoms with Crippen molar-refractivity contribution in [2.75, 3.05) is 26.4 Å². The molecule has 0 radical (unpaired) electrons. The van der Waals surface area contributed by atoms with E-state index in [2.05, 4.69) is 39.6 Å². The highest BCUT2D eigenvalue weighted by Crippen LogP contribution is 2.45. The Hall–Kier alpha value is -3.93. The van der Waals surface area contributed by atoms with Crippen molar-refractivity contribution < 1.29 is 43.9 Å². The molecule has 6 N–H and O–H groups in total. The number of carbonyl (C=O) groups is 1. The predicted molar refractivity (Wildman–Crippen MR) is 184 cm³/mol. The summed E-state index contributed by atoms with van der Waals surface area (Å²) >= 11 is 0. The smallest absolute Gasteiger partial charge is 0.407 e. The Labute approximate surface area is 289 Å². The summed E-state index contributed by atoms with van der Waals surface area (Å²) in [5.41, 5.74) is 4.39. The van der Waals surface area contributed by atoms with Gasteiger partial charge >= 0.3 is 11.8 Å². The van der Waals surface area contributed by atoms with Crippen LogP contribution in [0.25, 0.3) is 22.2 Å². The maximum absolute atomic E-state index is 13.0. The molecular weight excluding hydrogens is 664 g/mol. The van der Waals surface area contributed by atoms with E-state index in [0.717, 1.165) is 26.8 Å². The van der Waals surface area contributed by atoms with Crippen molar-refractivity contribution in [1.29, 1.82) is 0 Å². The Morgan fingerprint density at radius 1 is 1.02 bits per heavy atom. The average molecular weight is 709 g/mol. The number of aliphatic hydroxyl groups is 4. The lowest BCUT2D eigenvalue weighted by Gasteiger charge is -2.38. The number of ether oxygens (including phenoxy) is 3. The van der Waals surface area contributed by atoms with Gasteiger partial charge in [0, 0.05) is 29.7 Å². The number of rotatable bonds is 11. The number of aromatic nitrogens is 3. The van der Waals surface area contributed by atoms with Crippen molar-refractivity contribution in [1.82, 2.24) is 19.9 Å². The zero-order chi connectivity index (χ0) is 36.1. The van der Waals surface area contributed by atoms with Crippen LogP contribution >= 0.6 is 0 Å². The van der Waals surface area contributed by atoms with Crippen LogP contribution in [-0.4, -0.2) is 93.4 Å². The minimum Gasteiger partial charge on any atom is -0.449 e. The zero-order valence-corrected chi connectivity index (χ0v) is 29.7. The van der Waals surface area contributed by atoms with E-state index in [1.54, 1.807) is 6.07 Å². The van der Waals surface area contributed by atoms with Gasteiger partial charge in [-0.15, -0.1) is 0 Å². The van der Waals surface area contributed by atoms with Gasteiger partial charge < -0.3 is 49.4 Å². The molecule has 2 aromatic heterocycles. The highest BCUT2D eigenvalue weighted by atomic mass is 28.4. The van der Waals surface area contributed by atoms with Crippen molar-refractivity contribution in [3.8, 4) is 11.1 Å². The quantitative estimate of drug-likeness (QED) is 0.0761. The van der Waals surface area contributed by atoms with Crippen LogP contribution in [0.1, 0.15) is 49.7 Å². The first-order chi connectivity index (χ1) is 23.5. The summed E-state index contributed by atoms with van der Waals surface area (Å²) in [6.45, 7) is 10.2. The molecule has 1 aliphatic carbocycles. The molecule has 14 nitrogen and oxygen atoms in total. The molecule has 6 rings (SSSR count). The summed E-state index contributed by atoms with van der Waals surface area (Å²) in [6.07, 6.45) is -2.74. The summed E-state index contributed by atoms with van der Waals surface area (Å²) in [5, 5.41) is 45.9. The molecular formula is C35H44N4O10Si. The highest BCUT2D eigenvalue weighted by molar-refractivity contribution is 6.74. The molecule has 3 heterocycles. The Kier molecular flexibility index (Phi) is 9.56. The largest absolute Gasteiger partial charge is 0.449 e. The van der Waals surface area contributed by atoms with Crippen LogP contribution in [0, 0.1) is 0 Å². The van der Waals surface area contributed by atoms with Gasteiger partial charge in [0.15, 0.2) is 14.5 Å². The molecule has 268 valence electrons. The minimum atomic E-state index is -3.27. The molecule has 0 saturated carbocycles. The fourth-order valence-corrected chi connectivity index (χ4v) is 7.05. The molecule has 0 bridgehead atoms. The molecule has 4 aromatic rings. The SMILES string of the molecule is CC(C)(C)[Si](C)(C)OC[C@H]1O[C@H](n2cc3cc(COCCNC(=O)OCC4c5ccccc5-c5ccccc54)[nH]c3nc2=O)C(O)(O)C1(O)O. The van der Waals surface area contributed by atoms with E-state index >= 15 is 0 Å². The third-order valence-electron chi connectivity index (χ3n) is 9.99. The fourth-order valence-electron chi connectivity index (χ4n) is 6.05. The van der Waals surface area contributed by atoms with Crippen molar-refractivity contribution in [3.05, 3.63) is 88.1 Å². The van der Waals surface area contributed by atoms with Crippen LogP contribution in [0.15, 0.2) is 65.6 Å². The molecule has 2 aromatic carbocycles. The number of hydrogen-bond acceptors (Lipinski definition) is 11. The summed E-state index contributed by atoms with van der Waals surface area (Å²) in [6, 6.07) is 17.8. The molecule has 1 saturated heterocycles. The first-order valence-corrected chi connectivity index (χ1v) is 19.4. The monoisotopic (exact) mass is 708 g/mol. The maximum Gasteiger partial charge on any atom is 0.407 e. The second-order valence-electron chi connectivity index (χ2n) is 14.3. The number of fused-ring (bicyclic) bond motifs is 4. The van der Waals surface area contributed by atoms with Gasteiger partial charge in [0.05, 0.1) is 19.8 Å². The lowest BCUT2D eigenvalue weighted by Crippen LogP contribution is -2.60. The fraction of sp³-hybridized carbons (Fsp3) is 0.457. The van der Waals surface area contributed by atoms with E-state index in [-0.39, 0.29) is 49.6 Å². The Bertz CT molecular complexity index is 1890. The van der Waals surface area contributed by atoms with E-state index in [1.807, 2.05) is 58.1 Å². The first kappa shape index (κ1) is 35.9. The Morgan fingerprint density at radius 3 is 2.30 bits per heavy atom. The number of alkyl carbamates (subject to hydrolysis) is 1. The van der Waals surface area contributed by atoms with Crippen LogP contribution in [0.4, 0.5) is 4.79 Å². The van der Waals surface area contributed by atoms with Crippen LogP contribution in [0.5, 0.6) is 0 Å². The van der Waals surface area contributed by atoms with Gasteiger partial charge in [-0.25, -0.2) is 9.59 Å². The van der Waals surface area contributed by atoms with Crippen LogP contribution < -0.4 is 11.0 Å². The minimum absolute atomic E-state index is 0.0441. The second kappa shape index (κ2) is 13.3. The van der Waals surface area contributed by atoms with Crippen molar-refractivity contribution in [2.45, 2.75) is 75.3 Å². The van der Waals surface area contributed by atoms with Gasteiger partial charge in [0.25, 0.3) is 11.6 Å². The van der Waals surface area contributed by atoms with Crippen molar-refractivity contribution in [3.63, 3.8) is 0 Å². The van der Waals surface area contributed by atoms with Gasteiger partial charge in [0.2, 0.25) is 0 Å². The molecule has 0 unspecified atom stereocenters. The van der Waals surface area contributed by atoms with E-state index in [1.165, 1.54) is 6.20 Å². The zero-order valence-electron chi connectivity index (χ0n) is 28.7. The van der Waals surface area contributed by atoms with Crippen molar-refractivity contribution in [2.24, 2.45) is 0 Å². The third kappa shape index (κ3) is 6.63. The number of nitrogens with zero attached hydrogens (tertiary/aromatic N) is 2. The standard InChI is InChI=1S/C35H44N4O10Si/c1-33(2,3)50(4,5)48-20-28-34(42,43)35(44,45)30(49-28)39-17-21-16-22(37-29(21)38-31(39)40)18-46-15-14-36-32(41)47-19-27-25-12-8-6-10-23(25)24-11-7-9-13-26(24)27/h6-13,16-17,27-28,30,42-45H,14-15,18-20H2,1-5H3,(H,36,41)(H,37,38,40)/t28-,30+/m1/s1. The van der Waals surface area contributed by atoms with E-state index in [4.69, 9.17) is 18.6 Å². The summed E-state index contributed by atoms with van der Waals surface area (Å²) in [4.78, 5) is 32.4. The number of aromatic amines is 1. The van der Waals surface area contributed by atoms with Gasteiger partial charge in [0.1, 0.15) is 18.4 Å². The molecule has 1 fully saturated rings. The summed E-state index contributed by atoms with van der Waals surface area (Å²) in [7, 11) is -2.37. The summed E-state index contributed by atoms with van der Waals surface area (Å²) in [5.74, 6) is -6.47. The number of amides is 1. The lowest BCUT2D eigenvalue weighted by atomic mass is 9.98. The maximum atomic E-state index is 13.0. The van der Waals surface area contributed by atoms with E-state index < -0.39 is 44.0 Å². The van der Waals surface area contributed by atoms with Crippen LogP contribution in [-0.2, 0) is 25.2 Å². The normalized spacial score (nSPS) is 19.8. The third-order valence-corrected chi connectivity index (χ3v) is 14.5. The second-order valence-corrected chi connectivity index (χ2v) is 19.1. The lowest BCUT2D eigenvalue weighted by molar-refractivity contribution is -0.355. The van der Waals surface area contributed by atoms with Gasteiger partial charge in [-0.1, -0.05) is 69.3 Å². The molecule has 50 heavy (non-hydrogen) atoms. The average Bonchev–Trinajstić information content (AvgIpc) is 3.65. The first-order valence-electron chi connectivity index (χ1n) is 16.5. The Morgan fingerprint density at radius 2 is 1.66 bits per heavy atom. The van der Waals surface area contributed by atoms with Crippen molar-refractivity contribution >= 4 is 25.4 Å². The van der Waals surface area contributed by atoms with Gasteiger partial charge in [-0.3, -0.25) is 4.57 Å². The number of benzene rings is 2. The topological polar surface area (TPSA) is 198 Å². The summed E-state index contributed by atoms with van der Waals surface area (Å²) < 4.78 is 23.7. The van der Waals surface area contributed by atoms with E-state index in [0.29, 0.717) is 11.1 Å². The van der Waals surface area contributed by atoms with Crippen LogP contribution in [0.2, 0.25) is 18.1 Å². The van der Waals surface area contributed by atoms with Gasteiger partial charge in [-0.05, 0) is 46.5 Å². The number of hydrogen-bond donors (Lipinski definition) is 6. The number of nitrogens with one attached hydrogen (secondary N) is 2. The molecule has 2 atom stereocenters. The van der Waals surface area contributed by atoms with E-state index in [9.17, 15) is 30.0 Å². The number of H-pyrrole nitrogens is 1. The molecule has 0 spiro atoms. The molecule has 1 aliphatic heterocycles. The van der Waals surface area contributed by atoms with Gasteiger partial charge in [-0.2, -0.15) is 4.98 Å². The molecule has 2 aliphatic rings. The molecule has 15 heteroatoms. The van der Waals surface area contributed by atoms with Crippen LogP contribution in [0.3, 0.4) is 0 Å². The Balaban J connectivity index is 1.02. The predicted octanol–water partition coefficient (Wildman–Crippen LogP) is 3.06. The molecule has 1 amide bonds.